The highest BCUT2D eigenvalue weighted by Gasteiger charge is 2.12. The average molecular weight is 407 g/mol. The first-order chi connectivity index (χ1) is 12.8. The second kappa shape index (κ2) is 17.4. The van der Waals surface area contributed by atoms with Gasteiger partial charge in [-0.25, -0.2) is 9.36 Å². The lowest BCUT2D eigenvalue weighted by molar-refractivity contribution is -0.139. The van der Waals surface area contributed by atoms with Gasteiger partial charge in [0.25, 0.3) is 0 Å². The molecule has 0 aromatic heterocycles. The molecule has 27 heavy (non-hydrogen) atoms. The minimum atomic E-state index is -4.28. The molecule has 0 heterocycles. The predicted molar refractivity (Wildman–Crippen MR) is 108 cm³/mol. The van der Waals surface area contributed by atoms with Crippen molar-refractivity contribution in [3.8, 4) is 0 Å². The van der Waals surface area contributed by atoms with E-state index in [1.54, 1.807) is 6.92 Å². The Morgan fingerprint density at radius 1 is 0.741 bits per heavy atom. The Labute approximate surface area is 165 Å². The Morgan fingerprint density at radius 2 is 1.07 bits per heavy atom. The summed E-state index contributed by atoms with van der Waals surface area (Å²) >= 11 is 0. The van der Waals surface area contributed by atoms with E-state index in [0.29, 0.717) is 18.6 Å². The standard InChI is InChI=1S/C20H39O6P/c1-19(2)20(21)25-17-15-13-11-9-7-5-3-4-6-8-10-12-14-16-18-26-27(22,23)24/h1,3-18H2,2H3,(H2,22,23,24). The number of unbranched alkanes of at least 4 members (excludes halogenated alkanes) is 13. The van der Waals surface area contributed by atoms with Gasteiger partial charge in [0.05, 0.1) is 13.2 Å². The van der Waals surface area contributed by atoms with E-state index in [2.05, 4.69) is 11.1 Å². The van der Waals surface area contributed by atoms with E-state index in [1.807, 2.05) is 0 Å². The molecule has 2 N–H and O–H groups in total. The van der Waals surface area contributed by atoms with Crippen molar-refractivity contribution in [2.45, 2.75) is 96.8 Å². The van der Waals surface area contributed by atoms with Crippen molar-refractivity contribution in [2.75, 3.05) is 13.2 Å². The number of ether oxygens (including phenoxy) is 1. The van der Waals surface area contributed by atoms with Crippen LogP contribution in [0.4, 0.5) is 0 Å². The Kier molecular flexibility index (Phi) is 17.0. The summed E-state index contributed by atoms with van der Waals surface area (Å²) in [6.45, 7) is 5.86. The van der Waals surface area contributed by atoms with Crippen molar-refractivity contribution in [1.29, 1.82) is 0 Å². The van der Waals surface area contributed by atoms with Crippen molar-refractivity contribution in [3.05, 3.63) is 12.2 Å². The fraction of sp³-hybridized carbons (Fsp3) is 0.850. The van der Waals surface area contributed by atoms with Crippen LogP contribution in [0.1, 0.15) is 96.8 Å². The number of esters is 1. The van der Waals surface area contributed by atoms with Gasteiger partial charge in [-0.15, -0.1) is 0 Å². The Bertz CT molecular complexity index is 432. The van der Waals surface area contributed by atoms with E-state index in [4.69, 9.17) is 14.5 Å². The van der Waals surface area contributed by atoms with Gasteiger partial charge in [-0.1, -0.05) is 83.6 Å². The number of hydrogen-bond acceptors (Lipinski definition) is 4. The second-order valence-electron chi connectivity index (χ2n) is 7.19. The topological polar surface area (TPSA) is 93.1 Å². The lowest BCUT2D eigenvalue weighted by Crippen LogP contribution is -2.05. The molecule has 0 bridgehead atoms. The maximum atomic E-state index is 11.2. The van der Waals surface area contributed by atoms with Crippen LogP contribution >= 0.6 is 7.82 Å². The van der Waals surface area contributed by atoms with Crippen LogP contribution in [-0.2, 0) is 18.6 Å². The van der Waals surface area contributed by atoms with Crippen molar-refractivity contribution in [3.63, 3.8) is 0 Å². The van der Waals surface area contributed by atoms with Gasteiger partial charge in [-0.05, 0) is 19.8 Å². The number of phosphoric acid groups is 1. The van der Waals surface area contributed by atoms with Crippen LogP contribution in [0.2, 0.25) is 0 Å². The summed E-state index contributed by atoms with van der Waals surface area (Å²) in [6, 6.07) is 0. The molecule has 6 nitrogen and oxygen atoms in total. The molecule has 0 fully saturated rings. The predicted octanol–water partition coefficient (Wildman–Crippen LogP) is 5.68. The zero-order valence-corrected chi connectivity index (χ0v) is 17.9. The molecule has 0 radical (unpaired) electrons. The van der Waals surface area contributed by atoms with E-state index in [0.717, 1.165) is 25.7 Å². The van der Waals surface area contributed by atoms with E-state index >= 15 is 0 Å². The summed E-state index contributed by atoms with van der Waals surface area (Å²) in [6.07, 6.45) is 16.1. The maximum Gasteiger partial charge on any atom is 0.469 e. The lowest BCUT2D eigenvalue weighted by atomic mass is 10.0. The van der Waals surface area contributed by atoms with Gasteiger partial charge in [0.1, 0.15) is 0 Å². The zero-order chi connectivity index (χ0) is 20.4. The normalized spacial score (nSPS) is 11.5. The first kappa shape index (κ1) is 26.3. The minimum Gasteiger partial charge on any atom is -0.462 e. The third kappa shape index (κ3) is 21.5. The molecule has 0 saturated carbocycles. The summed E-state index contributed by atoms with van der Waals surface area (Å²) in [7, 11) is -4.28. The van der Waals surface area contributed by atoms with Crippen molar-refractivity contribution >= 4 is 13.8 Å². The van der Waals surface area contributed by atoms with E-state index < -0.39 is 7.82 Å². The van der Waals surface area contributed by atoms with Crippen LogP contribution in [0.25, 0.3) is 0 Å². The molecule has 0 aliphatic rings. The third-order valence-electron chi connectivity index (χ3n) is 4.38. The number of phosphoric ester groups is 1. The molecule has 0 aromatic rings. The molecule has 0 atom stereocenters. The molecule has 160 valence electrons. The van der Waals surface area contributed by atoms with Gasteiger partial charge >= 0.3 is 13.8 Å². The first-order valence-corrected chi connectivity index (χ1v) is 11.9. The second-order valence-corrected chi connectivity index (χ2v) is 8.43. The summed E-state index contributed by atoms with van der Waals surface area (Å²) in [4.78, 5) is 28.3. The molecule has 0 unspecified atom stereocenters. The fourth-order valence-electron chi connectivity index (χ4n) is 2.80. The quantitative estimate of drug-likeness (QED) is 0.124. The van der Waals surface area contributed by atoms with Gasteiger partial charge in [0.15, 0.2) is 0 Å². The number of rotatable bonds is 19. The molecule has 7 heteroatoms. The van der Waals surface area contributed by atoms with Crippen molar-refractivity contribution < 1.29 is 28.4 Å². The molecule has 0 saturated heterocycles. The Balaban J connectivity index is 3.12. The number of hydrogen-bond donors (Lipinski definition) is 2. The minimum absolute atomic E-state index is 0.143. The van der Waals surface area contributed by atoms with E-state index in [-0.39, 0.29) is 12.6 Å². The summed E-state index contributed by atoms with van der Waals surface area (Å²) in [5, 5.41) is 0. The van der Waals surface area contributed by atoms with E-state index in [1.165, 1.54) is 57.8 Å². The molecule has 0 aliphatic heterocycles. The summed E-state index contributed by atoms with van der Waals surface area (Å²) < 4.78 is 20.0. The van der Waals surface area contributed by atoms with Crippen LogP contribution < -0.4 is 0 Å². The van der Waals surface area contributed by atoms with Crippen LogP contribution in [0.15, 0.2) is 12.2 Å². The smallest absolute Gasteiger partial charge is 0.462 e. The van der Waals surface area contributed by atoms with Gasteiger partial charge in [0, 0.05) is 5.57 Å². The van der Waals surface area contributed by atoms with Crippen molar-refractivity contribution in [1.82, 2.24) is 0 Å². The third-order valence-corrected chi connectivity index (χ3v) is 4.90. The molecular weight excluding hydrogens is 367 g/mol. The number of carbonyl (C=O) groups excluding carboxylic acids is 1. The van der Waals surface area contributed by atoms with Gasteiger partial charge < -0.3 is 14.5 Å². The highest BCUT2D eigenvalue weighted by atomic mass is 31.2. The summed E-state index contributed by atoms with van der Waals surface area (Å²) in [5.41, 5.74) is 0.461. The highest BCUT2D eigenvalue weighted by molar-refractivity contribution is 7.46. The first-order valence-electron chi connectivity index (χ1n) is 10.4. The van der Waals surface area contributed by atoms with Gasteiger partial charge in [0.2, 0.25) is 0 Å². The molecular formula is C20H39O6P. The van der Waals surface area contributed by atoms with Crippen LogP contribution in [0.3, 0.4) is 0 Å². The van der Waals surface area contributed by atoms with Gasteiger partial charge in [-0.2, -0.15) is 0 Å². The molecule has 0 spiro atoms. The highest BCUT2D eigenvalue weighted by Crippen LogP contribution is 2.35. The molecule has 0 aliphatic carbocycles. The summed E-state index contributed by atoms with van der Waals surface area (Å²) in [5.74, 6) is -0.288. The SMILES string of the molecule is C=C(C)C(=O)OCCCCCCCCCCCCCCCCOP(=O)(O)O. The van der Waals surface area contributed by atoms with Crippen LogP contribution in [-0.4, -0.2) is 29.0 Å². The van der Waals surface area contributed by atoms with Crippen LogP contribution in [0, 0.1) is 0 Å². The molecule has 0 aromatic carbocycles. The monoisotopic (exact) mass is 406 g/mol. The molecule has 0 amide bonds. The maximum absolute atomic E-state index is 11.2. The van der Waals surface area contributed by atoms with Crippen LogP contribution in [0.5, 0.6) is 0 Å². The Hall–Kier alpha value is -0.680. The number of carbonyl (C=O) groups is 1. The fourth-order valence-corrected chi connectivity index (χ4v) is 3.16. The zero-order valence-electron chi connectivity index (χ0n) is 17.0. The van der Waals surface area contributed by atoms with E-state index in [9.17, 15) is 9.36 Å². The van der Waals surface area contributed by atoms with Crippen molar-refractivity contribution in [2.24, 2.45) is 0 Å². The largest absolute Gasteiger partial charge is 0.469 e. The lowest BCUT2D eigenvalue weighted by Gasteiger charge is -2.05. The Morgan fingerprint density at radius 3 is 1.41 bits per heavy atom. The average Bonchev–Trinajstić information content (AvgIpc) is 2.59. The van der Waals surface area contributed by atoms with Gasteiger partial charge in [-0.3, -0.25) is 4.52 Å². The molecule has 0 rings (SSSR count).